The van der Waals surface area contributed by atoms with Crippen LogP contribution in [0, 0.1) is 0 Å². The number of imide groups is 1. The largest absolute Gasteiger partial charge is 0.469 e. The predicted molar refractivity (Wildman–Crippen MR) is 68.5 cm³/mol. The third kappa shape index (κ3) is 3.21. The summed E-state index contributed by atoms with van der Waals surface area (Å²) in [6, 6.07) is 7.16. The van der Waals surface area contributed by atoms with Crippen LogP contribution in [-0.2, 0) is 36.8 Å². The molecule has 0 atom stereocenters. The van der Waals surface area contributed by atoms with Gasteiger partial charge in [-0.2, -0.15) is 0 Å². The lowest BCUT2D eigenvalue weighted by Gasteiger charge is -2.25. The Hall–Kier alpha value is -2.21. The fourth-order valence-corrected chi connectivity index (χ4v) is 1.98. The second kappa shape index (κ2) is 6.29. The summed E-state index contributed by atoms with van der Waals surface area (Å²) in [6.45, 7) is -0.0377. The number of hydrogen-bond donors (Lipinski definition) is 0. The summed E-state index contributed by atoms with van der Waals surface area (Å²) < 4.78 is 9.49. The number of methoxy groups -OCH3 is 1. The average Bonchev–Trinajstić information content (AvgIpc) is 2.44. The molecule has 1 saturated heterocycles. The Kier molecular flexibility index (Phi) is 4.47. The minimum absolute atomic E-state index is 0.0924. The molecular formula is C14H15NO5. The Morgan fingerprint density at radius 1 is 1.20 bits per heavy atom. The van der Waals surface area contributed by atoms with Crippen LogP contribution in [0.2, 0.25) is 0 Å². The Balaban J connectivity index is 2.18. The highest BCUT2D eigenvalue weighted by Crippen LogP contribution is 2.15. The van der Waals surface area contributed by atoms with Crippen LogP contribution in [0.3, 0.4) is 0 Å². The van der Waals surface area contributed by atoms with E-state index in [0.29, 0.717) is 0 Å². The van der Waals surface area contributed by atoms with Crippen molar-refractivity contribution in [2.75, 3.05) is 20.3 Å². The minimum atomic E-state index is -0.367. The first-order valence-electron chi connectivity index (χ1n) is 6.16. The molecule has 2 rings (SSSR count). The van der Waals surface area contributed by atoms with E-state index in [4.69, 9.17) is 4.74 Å². The molecule has 1 aliphatic heterocycles. The van der Waals surface area contributed by atoms with Gasteiger partial charge in [0.2, 0.25) is 0 Å². The summed E-state index contributed by atoms with van der Waals surface area (Å²) in [5.41, 5.74) is 1.49. The van der Waals surface area contributed by atoms with Crippen LogP contribution in [0.25, 0.3) is 0 Å². The molecule has 1 aliphatic rings. The molecule has 0 aliphatic carbocycles. The van der Waals surface area contributed by atoms with Crippen molar-refractivity contribution in [1.82, 2.24) is 4.90 Å². The van der Waals surface area contributed by atoms with Crippen LogP contribution in [0.4, 0.5) is 0 Å². The fraction of sp³-hybridized carbons (Fsp3) is 0.357. The van der Waals surface area contributed by atoms with Gasteiger partial charge in [0.1, 0.15) is 13.2 Å². The second-order valence-corrected chi connectivity index (χ2v) is 4.39. The van der Waals surface area contributed by atoms with Gasteiger partial charge in [0, 0.05) is 0 Å². The molecule has 20 heavy (non-hydrogen) atoms. The number of hydrogen-bond acceptors (Lipinski definition) is 5. The SMILES string of the molecule is COC(=O)Cc1ccccc1CN1C(=O)COCC1=O. The lowest BCUT2D eigenvalue weighted by Crippen LogP contribution is -2.45. The predicted octanol–water partition coefficient (Wildman–Crippen LogP) is 0.287. The topological polar surface area (TPSA) is 72.9 Å². The van der Waals surface area contributed by atoms with E-state index in [0.717, 1.165) is 16.0 Å². The van der Waals surface area contributed by atoms with Crippen molar-refractivity contribution in [1.29, 1.82) is 0 Å². The number of carbonyl (C=O) groups excluding carboxylic acids is 3. The minimum Gasteiger partial charge on any atom is -0.469 e. The normalized spacial score (nSPS) is 15.3. The smallest absolute Gasteiger partial charge is 0.309 e. The van der Waals surface area contributed by atoms with Crippen molar-refractivity contribution in [2.45, 2.75) is 13.0 Å². The van der Waals surface area contributed by atoms with E-state index in [9.17, 15) is 14.4 Å². The van der Waals surface area contributed by atoms with Crippen LogP contribution in [0.1, 0.15) is 11.1 Å². The van der Waals surface area contributed by atoms with Gasteiger partial charge in [0.05, 0.1) is 20.1 Å². The van der Waals surface area contributed by atoms with Crippen LogP contribution in [0.5, 0.6) is 0 Å². The molecule has 6 nitrogen and oxygen atoms in total. The van der Waals surface area contributed by atoms with E-state index in [1.54, 1.807) is 24.3 Å². The van der Waals surface area contributed by atoms with Gasteiger partial charge in [-0.25, -0.2) is 0 Å². The maximum Gasteiger partial charge on any atom is 0.309 e. The molecule has 6 heteroatoms. The summed E-state index contributed by atoms with van der Waals surface area (Å²) in [5, 5.41) is 0. The highest BCUT2D eigenvalue weighted by Gasteiger charge is 2.27. The molecule has 106 valence electrons. The Bertz CT molecular complexity index is 524. The van der Waals surface area contributed by atoms with Crippen molar-refractivity contribution in [2.24, 2.45) is 0 Å². The molecule has 0 aromatic heterocycles. The van der Waals surface area contributed by atoms with Crippen molar-refractivity contribution < 1.29 is 23.9 Å². The molecule has 1 aromatic rings. The number of esters is 1. The zero-order chi connectivity index (χ0) is 14.5. The van der Waals surface area contributed by atoms with Gasteiger partial charge in [-0.15, -0.1) is 0 Å². The lowest BCUT2D eigenvalue weighted by molar-refractivity contribution is -0.159. The monoisotopic (exact) mass is 277 g/mol. The molecule has 0 bridgehead atoms. The highest BCUT2D eigenvalue weighted by molar-refractivity contribution is 5.98. The van der Waals surface area contributed by atoms with Gasteiger partial charge in [-0.3, -0.25) is 19.3 Å². The summed E-state index contributed by atoms with van der Waals surface area (Å²) in [4.78, 5) is 35.9. The molecule has 0 saturated carbocycles. The highest BCUT2D eigenvalue weighted by atomic mass is 16.5. The lowest BCUT2D eigenvalue weighted by atomic mass is 10.0. The van der Waals surface area contributed by atoms with Crippen LogP contribution in [-0.4, -0.2) is 43.0 Å². The standard InChI is InChI=1S/C14H15NO5/c1-19-14(18)6-10-4-2-3-5-11(10)7-15-12(16)8-20-9-13(15)17/h2-5H,6-9H2,1H3. The summed E-state index contributed by atoms with van der Waals surface area (Å²) >= 11 is 0. The number of ether oxygens (including phenoxy) is 2. The maximum atomic E-state index is 11.7. The third-order valence-electron chi connectivity index (χ3n) is 3.06. The van der Waals surface area contributed by atoms with Crippen molar-refractivity contribution in [3.63, 3.8) is 0 Å². The van der Waals surface area contributed by atoms with E-state index < -0.39 is 0 Å². The second-order valence-electron chi connectivity index (χ2n) is 4.39. The van der Waals surface area contributed by atoms with Crippen molar-refractivity contribution in [3.8, 4) is 0 Å². The van der Waals surface area contributed by atoms with E-state index in [1.807, 2.05) is 0 Å². The Morgan fingerprint density at radius 2 is 1.80 bits per heavy atom. The summed E-state index contributed by atoms with van der Waals surface area (Å²) in [6.07, 6.45) is 0.111. The molecular weight excluding hydrogens is 262 g/mol. The molecule has 1 aromatic carbocycles. The zero-order valence-electron chi connectivity index (χ0n) is 11.1. The quantitative estimate of drug-likeness (QED) is 0.584. The number of benzene rings is 1. The Labute approximate surface area is 116 Å². The Morgan fingerprint density at radius 3 is 2.40 bits per heavy atom. The van der Waals surface area contributed by atoms with Gasteiger partial charge >= 0.3 is 5.97 Å². The van der Waals surface area contributed by atoms with E-state index in [2.05, 4.69) is 4.74 Å². The van der Waals surface area contributed by atoms with Crippen LogP contribution >= 0.6 is 0 Å². The number of carbonyl (C=O) groups is 3. The van der Waals surface area contributed by atoms with Gasteiger partial charge < -0.3 is 9.47 Å². The molecule has 0 N–H and O–H groups in total. The third-order valence-corrected chi connectivity index (χ3v) is 3.06. The van der Waals surface area contributed by atoms with Crippen LogP contribution < -0.4 is 0 Å². The van der Waals surface area contributed by atoms with Gasteiger partial charge in [-0.05, 0) is 11.1 Å². The van der Waals surface area contributed by atoms with Crippen LogP contribution in [0.15, 0.2) is 24.3 Å². The number of nitrogens with zero attached hydrogens (tertiary/aromatic N) is 1. The van der Waals surface area contributed by atoms with Gasteiger partial charge in [0.25, 0.3) is 11.8 Å². The zero-order valence-corrected chi connectivity index (χ0v) is 11.1. The molecule has 1 heterocycles. The van der Waals surface area contributed by atoms with E-state index in [-0.39, 0.29) is 44.0 Å². The van der Waals surface area contributed by atoms with E-state index >= 15 is 0 Å². The summed E-state index contributed by atoms with van der Waals surface area (Å²) in [5.74, 6) is -1.10. The summed E-state index contributed by atoms with van der Waals surface area (Å²) in [7, 11) is 1.32. The number of morpholine rings is 1. The van der Waals surface area contributed by atoms with Gasteiger partial charge in [0.15, 0.2) is 0 Å². The van der Waals surface area contributed by atoms with Gasteiger partial charge in [-0.1, -0.05) is 24.3 Å². The number of rotatable bonds is 4. The van der Waals surface area contributed by atoms with E-state index in [1.165, 1.54) is 7.11 Å². The molecule has 0 unspecified atom stereocenters. The number of amides is 2. The first-order valence-corrected chi connectivity index (χ1v) is 6.16. The first-order chi connectivity index (χ1) is 9.61. The molecule has 0 spiro atoms. The fourth-order valence-electron chi connectivity index (χ4n) is 1.98. The first kappa shape index (κ1) is 14.2. The average molecular weight is 277 g/mol. The maximum absolute atomic E-state index is 11.7. The van der Waals surface area contributed by atoms with Crippen molar-refractivity contribution in [3.05, 3.63) is 35.4 Å². The molecule has 0 radical (unpaired) electrons. The molecule has 1 fully saturated rings. The molecule has 2 amide bonds. The van der Waals surface area contributed by atoms with Crippen molar-refractivity contribution >= 4 is 17.8 Å².